The minimum absolute atomic E-state index is 0.0616. The van der Waals surface area contributed by atoms with Gasteiger partial charge in [0.2, 0.25) is 23.5 Å². The number of piperazine rings is 1. The van der Waals surface area contributed by atoms with Gasteiger partial charge in [-0.2, -0.15) is 4.98 Å². The average Bonchev–Trinajstić information content (AvgIpc) is 3.46. The number of thiophene rings is 1. The highest BCUT2D eigenvalue weighted by Crippen LogP contribution is 2.23. The first kappa shape index (κ1) is 21.0. The minimum Gasteiger partial charge on any atom is -0.343 e. The summed E-state index contributed by atoms with van der Waals surface area (Å²) in [6.07, 6.45) is 3.29. The van der Waals surface area contributed by atoms with Crippen LogP contribution in [0.5, 0.6) is 0 Å². The van der Waals surface area contributed by atoms with Gasteiger partial charge in [-0.1, -0.05) is 11.2 Å². The lowest BCUT2D eigenvalue weighted by molar-refractivity contribution is -0.142. The van der Waals surface area contributed by atoms with Crippen molar-refractivity contribution in [3.63, 3.8) is 0 Å². The van der Waals surface area contributed by atoms with Gasteiger partial charge in [-0.3, -0.25) is 9.59 Å². The summed E-state index contributed by atoms with van der Waals surface area (Å²) in [6.45, 7) is 4.87. The van der Waals surface area contributed by atoms with Gasteiger partial charge in [0.25, 0.3) is 0 Å². The third-order valence-corrected chi connectivity index (χ3v) is 6.87. The molecule has 2 aliphatic heterocycles. The molecule has 0 aromatic carbocycles. The van der Waals surface area contributed by atoms with E-state index < -0.39 is 0 Å². The van der Waals surface area contributed by atoms with E-state index in [9.17, 15) is 9.59 Å². The highest BCUT2D eigenvalue weighted by molar-refractivity contribution is 7.13. The van der Waals surface area contributed by atoms with E-state index in [2.05, 4.69) is 22.1 Å². The van der Waals surface area contributed by atoms with Crippen molar-refractivity contribution in [3.8, 4) is 10.7 Å². The summed E-state index contributed by atoms with van der Waals surface area (Å²) in [6, 6.07) is 3.91. The predicted molar refractivity (Wildman–Crippen MR) is 114 cm³/mol. The van der Waals surface area contributed by atoms with Gasteiger partial charge < -0.3 is 19.2 Å². The molecule has 2 amide bonds. The van der Waals surface area contributed by atoms with Crippen molar-refractivity contribution in [2.75, 3.05) is 46.3 Å². The SMILES string of the molecule is CN1CCN(C(=O)C2CCN(C(=O)CCCc3nc(-c4cccs4)no3)CC2)CC1. The second kappa shape index (κ2) is 9.70. The number of aryl methyl sites for hydroxylation is 1. The minimum atomic E-state index is 0.0616. The Bertz CT molecular complexity index is 837. The molecule has 30 heavy (non-hydrogen) atoms. The second-order valence-corrected chi connectivity index (χ2v) is 9.07. The van der Waals surface area contributed by atoms with Crippen molar-refractivity contribution in [3.05, 3.63) is 23.4 Å². The molecule has 0 spiro atoms. The molecule has 4 heterocycles. The van der Waals surface area contributed by atoms with Crippen LogP contribution in [0.15, 0.2) is 22.0 Å². The maximum absolute atomic E-state index is 12.7. The van der Waals surface area contributed by atoms with Crippen LogP contribution in [0.2, 0.25) is 0 Å². The molecule has 0 N–H and O–H groups in total. The molecule has 0 bridgehead atoms. The van der Waals surface area contributed by atoms with Gasteiger partial charge in [-0.15, -0.1) is 11.3 Å². The quantitative estimate of drug-likeness (QED) is 0.697. The number of aromatic nitrogens is 2. The maximum Gasteiger partial charge on any atom is 0.226 e. The molecule has 9 heteroatoms. The van der Waals surface area contributed by atoms with Gasteiger partial charge in [0, 0.05) is 58.0 Å². The smallest absolute Gasteiger partial charge is 0.226 e. The number of amides is 2. The Morgan fingerprint density at radius 2 is 1.90 bits per heavy atom. The van der Waals surface area contributed by atoms with Crippen molar-refractivity contribution < 1.29 is 14.1 Å². The van der Waals surface area contributed by atoms with Crippen molar-refractivity contribution in [1.29, 1.82) is 0 Å². The first-order chi connectivity index (χ1) is 14.6. The van der Waals surface area contributed by atoms with Crippen LogP contribution in [0.3, 0.4) is 0 Å². The van der Waals surface area contributed by atoms with Crippen LogP contribution in [0, 0.1) is 5.92 Å². The fourth-order valence-corrected chi connectivity index (χ4v) is 4.72. The number of rotatable bonds is 6. The van der Waals surface area contributed by atoms with Gasteiger partial charge in [-0.05, 0) is 37.8 Å². The van der Waals surface area contributed by atoms with Crippen LogP contribution in [0.25, 0.3) is 10.7 Å². The van der Waals surface area contributed by atoms with Crippen LogP contribution < -0.4 is 0 Å². The van der Waals surface area contributed by atoms with Crippen LogP contribution in [-0.4, -0.2) is 83.0 Å². The monoisotopic (exact) mass is 431 g/mol. The van der Waals surface area contributed by atoms with E-state index in [1.165, 1.54) is 0 Å². The van der Waals surface area contributed by atoms with Crippen molar-refractivity contribution >= 4 is 23.2 Å². The number of likely N-dealkylation sites (tertiary alicyclic amines) is 1. The molecule has 8 nitrogen and oxygen atoms in total. The van der Waals surface area contributed by atoms with Crippen LogP contribution in [0.4, 0.5) is 0 Å². The molecule has 2 aromatic rings. The first-order valence-corrected chi connectivity index (χ1v) is 11.6. The Kier molecular flexibility index (Phi) is 6.79. The molecule has 0 atom stereocenters. The number of carbonyl (C=O) groups excluding carboxylic acids is 2. The van der Waals surface area contributed by atoms with E-state index in [-0.39, 0.29) is 17.7 Å². The first-order valence-electron chi connectivity index (χ1n) is 10.7. The molecular weight excluding hydrogens is 402 g/mol. The zero-order chi connectivity index (χ0) is 20.9. The summed E-state index contributed by atoms with van der Waals surface area (Å²) in [5.74, 6) is 1.67. The lowest BCUT2D eigenvalue weighted by atomic mass is 9.94. The molecule has 0 saturated carbocycles. The second-order valence-electron chi connectivity index (χ2n) is 8.13. The largest absolute Gasteiger partial charge is 0.343 e. The maximum atomic E-state index is 12.7. The molecule has 162 valence electrons. The Labute approximate surface area is 180 Å². The summed E-state index contributed by atoms with van der Waals surface area (Å²) < 4.78 is 5.30. The third kappa shape index (κ3) is 5.07. The van der Waals surface area contributed by atoms with Crippen molar-refractivity contribution in [2.24, 2.45) is 5.92 Å². The Morgan fingerprint density at radius 1 is 1.13 bits per heavy atom. The highest BCUT2D eigenvalue weighted by atomic mass is 32.1. The summed E-state index contributed by atoms with van der Waals surface area (Å²) in [7, 11) is 2.09. The molecule has 2 aromatic heterocycles. The Hall–Kier alpha value is -2.26. The van der Waals surface area contributed by atoms with Crippen LogP contribution in [0.1, 0.15) is 31.6 Å². The zero-order valence-electron chi connectivity index (χ0n) is 17.5. The highest BCUT2D eigenvalue weighted by Gasteiger charge is 2.31. The molecule has 0 radical (unpaired) electrons. The lowest BCUT2D eigenvalue weighted by Gasteiger charge is -2.37. The molecule has 4 rings (SSSR count). The van der Waals surface area contributed by atoms with Crippen LogP contribution >= 0.6 is 11.3 Å². The molecule has 2 saturated heterocycles. The summed E-state index contributed by atoms with van der Waals surface area (Å²) in [4.78, 5) is 36.8. The van der Waals surface area contributed by atoms with E-state index in [1.54, 1.807) is 11.3 Å². The molecular formula is C21H29N5O3S. The number of nitrogens with zero attached hydrogens (tertiary/aromatic N) is 5. The number of piperidine rings is 1. The van der Waals surface area contributed by atoms with Crippen molar-refractivity contribution in [1.82, 2.24) is 24.8 Å². The number of carbonyl (C=O) groups is 2. The number of hydrogen-bond donors (Lipinski definition) is 0. The molecule has 2 fully saturated rings. The van der Waals surface area contributed by atoms with Crippen molar-refractivity contribution in [2.45, 2.75) is 32.1 Å². The summed E-state index contributed by atoms with van der Waals surface area (Å²) in [5.41, 5.74) is 0. The van der Waals surface area contributed by atoms with Gasteiger partial charge in [-0.25, -0.2) is 0 Å². The molecule has 0 unspecified atom stereocenters. The summed E-state index contributed by atoms with van der Waals surface area (Å²) in [5, 5.41) is 5.98. The van der Waals surface area contributed by atoms with Gasteiger partial charge in [0.1, 0.15) is 0 Å². The van der Waals surface area contributed by atoms with E-state index in [0.29, 0.717) is 44.1 Å². The van der Waals surface area contributed by atoms with Gasteiger partial charge in [0.15, 0.2) is 0 Å². The third-order valence-electron chi connectivity index (χ3n) is 6.00. The van der Waals surface area contributed by atoms with E-state index in [4.69, 9.17) is 4.52 Å². The lowest BCUT2D eigenvalue weighted by Crippen LogP contribution is -2.51. The molecule has 0 aliphatic carbocycles. The number of likely N-dealkylation sites (N-methyl/N-ethyl adjacent to an activating group) is 1. The summed E-state index contributed by atoms with van der Waals surface area (Å²) >= 11 is 1.57. The standard InChI is InChI=1S/C21H29N5O3S/c1-24-11-13-26(14-12-24)21(28)16-7-9-25(10-8-16)19(27)6-2-5-18-22-20(23-29-18)17-4-3-15-30-17/h3-4,15-16H,2,5-14H2,1H3. The van der Waals surface area contributed by atoms with Crippen LogP contribution in [-0.2, 0) is 16.0 Å². The van der Waals surface area contributed by atoms with E-state index >= 15 is 0 Å². The van der Waals surface area contributed by atoms with Gasteiger partial charge in [0.05, 0.1) is 4.88 Å². The fourth-order valence-electron chi connectivity index (χ4n) is 4.07. The Morgan fingerprint density at radius 3 is 2.60 bits per heavy atom. The van der Waals surface area contributed by atoms with E-state index in [0.717, 1.165) is 43.9 Å². The normalized spacial score (nSPS) is 18.7. The topological polar surface area (TPSA) is 82.8 Å². The fraction of sp³-hybridized carbons (Fsp3) is 0.619. The van der Waals surface area contributed by atoms with E-state index in [1.807, 2.05) is 27.3 Å². The molecule has 2 aliphatic rings. The number of hydrogen-bond acceptors (Lipinski definition) is 7. The average molecular weight is 432 g/mol. The predicted octanol–water partition coefficient (Wildman–Crippen LogP) is 2.13. The Balaban J connectivity index is 1.17. The van der Waals surface area contributed by atoms with Gasteiger partial charge >= 0.3 is 0 Å². The zero-order valence-corrected chi connectivity index (χ0v) is 18.3.